The molecule has 1 aromatic carbocycles. The zero-order chi connectivity index (χ0) is 13.0. The number of nitrogens with zero attached hydrogens (tertiary/aromatic N) is 2. The fourth-order valence-corrected chi connectivity index (χ4v) is 2.70. The summed E-state index contributed by atoms with van der Waals surface area (Å²) in [6.07, 6.45) is 2.14. The zero-order valence-electron chi connectivity index (χ0n) is 9.19. The second-order valence-electron chi connectivity index (χ2n) is 4.19. The van der Waals surface area contributed by atoms with Crippen LogP contribution in [-0.4, -0.2) is 9.97 Å². The minimum Gasteiger partial charge on any atom is -0.215 e. The summed E-state index contributed by atoms with van der Waals surface area (Å²) < 4.78 is 27.8. The summed E-state index contributed by atoms with van der Waals surface area (Å²) in [6.45, 7) is 1.84. The highest BCUT2D eigenvalue weighted by atomic mass is 35.5. The second-order valence-corrected chi connectivity index (χ2v) is 4.89. The van der Waals surface area contributed by atoms with Crippen LogP contribution in [0.2, 0.25) is 10.4 Å². The molecule has 0 atom stereocenters. The van der Waals surface area contributed by atoms with Crippen molar-refractivity contribution in [1.29, 1.82) is 0 Å². The topological polar surface area (TPSA) is 25.8 Å². The van der Waals surface area contributed by atoms with Crippen molar-refractivity contribution in [3.63, 3.8) is 0 Å². The van der Waals surface area contributed by atoms with Gasteiger partial charge in [-0.1, -0.05) is 23.3 Å². The summed E-state index contributed by atoms with van der Waals surface area (Å²) >= 11 is 11.6. The molecular weight excluding hydrogens is 281 g/mol. The Morgan fingerprint density at radius 1 is 1.17 bits per heavy atom. The standard InChI is InChI=1S/C12H6Cl2F2N2/c1-4-2-5-6(3-4)8(15)9(16)10-7(5)11(13)18-12(14)17-10/h2H,3H2,1H3. The van der Waals surface area contributed by atoms with Crippen molar-refractivity contribution in [1.82, 2.24) is 9.97 Å². The Balaban J connectivity index is 2.55. The van der Waals surface area contributed by atoms with Crippen molar-refractivity contribution in [2.75, 3.05) is 0 Å². The summed E-state index contributed by atoms with van der Waals surface area (Å²) in [7, 11) is 0. The van der Waals surface area contributed by atoms with E-state index in [1.54, 1.807) is 6.08 Å². The van der Waals surface area contributed by atoms with Crippen molar-refractivity contribution in [2.24, 2.45) is 0 Å². The minimum absolute atomic E-state index is 0.0334. The van der Waals surface area contributed by atoms with E-state index in [0.717, 1.165) is 5.57 Å². The average Bonchev–Trinajstić information content (AvgIpc) is 2.67. The van der Waals surface area contributed by atoms with Gasteiger partial charge in [0.15, 0.2) is 11.6 Å². The van der Waals surface area contributed by atoms with Gasteiger partial charge in [0.1, 0.15) is 10.7 Å². The lowest BCUT2D eigenvalue weighted by atomic mass is 10.0. The number of halogens is 4. The summed E-state index contributed by atoms with van der Waals surface area (Å²) in [4.78, 5) is 7.50. The molecule has 92 valence electrons. The van der Waals surface area contributed by atoms with Gasteiger partial charge in [-0.25, -0.2) is 18.7 Å². The Bertz CT molecular complexity index is 726. The van der Waals surface area contributed by atoms with E-state index in [1.165, 1.54) is 0 Å². The molecule has 0 fully saturated rings. The summed E-state index contributed by atoms with van der Waals surface area (Å²) in [5.41, 5.74) is 1.59. The van der Waals surface area contributed by atoms with Crippen molar-refractivity contribution in [2.45, 2.75) is 13.3 Å². The lowest BCUT2D eigenvalue weighted by Crippen LogP contribution is -2.00. The van der Waals surface area contributed by atoms with Crippen LogP contribution in [0.3, 0.4) is 0 Å². The second kappa shape index (κ2) is 3.87. The average molecular weight is 287 g/mol. The van der Waals surface area contributed by atoms with E-state index in [1.807, 2.05) is 6.92 Å². The minimum atomic E-state index is -1.03. The van der Waals surface area contributed by atoms with Gasteiger partial charge in [0.05, 0.1) is 0 Å². The molecule has 0 saturated heterocycles. The van der Waals surface area contributed by atoms with Crippen LogP contribution in [0.25, 0.3) is 17.0 Å². The molecule has 1 heterocycles. The van der Waals surface area contributed by atoms with Gasteiger partial charge in [-0.3, -0.25) is 0 Å². The zero-order valence-corrected chi connectivity index (χ0v) is 10.7. The largest absolute Gasteiger partial charge is 0.224 e. The first-order valence-corrected chi connectivity index (χ1v) is 5.94. The maximum absolute atomic E-state index is 13.9. The third-order valence-corrected chi connectivity index (χ3v) is 3.39. The molecule has 2 nitrogen and oxygen atoms in total. The van der Waals surface area contributed by atoms with Gasteiger partial charge in [-0.15, -0.1) is 0 Å². The lowest BCUT2D eigenvalue weighted by molar-refractivity contribution is 0.507. The van der Waals surface area contributed by atoms with E-state index >= 15 is 0 Å². The van der Waals surface area contributed by atoms with Crippen LogP contribution in [0.5, 0.6) is 0 Å². The molecule has 2 aromatic rings. The van der Waals surface area contributed by atoms with E-state index in [2.05, 4.69) is 9.97 Å². The molecule has 18 heavy (non-hydrogen) atoms. The summed E-state index contributed by atoms with van der Waals surface area (Å²) in [5, 5.41) is 0.141. The van der Waals surface area contributed by atoms with E-state index < -0.39 is 11.6 Å². The van der Waals surface area contributed by atoms with E-state index in [-0.39, 0.29) is 16.0 Å². The normalized spacial score (nSPS) is 13.9. The first-order valence-electron chi connectivity index (χ1n) is 5.18. The molecule has 6 heteroatoms. The van der Waals surface area contributed by atoms with Crippen LogP contribution >= 0.6 is 23.2 Å². The summed E-state index contributed by atoms with van der Waals surface area (Å²) in [6, 6.07) is 0. The molecular formula is C12H6Cl2F2N2. The number of fused-ring (bicyclic) bond motifs is 3. The molecule has 0 unspecified atom stereocenters. The number of hydrogen-bond acceptors (Lipinski definition) is 2. The molecule has 0 bridgehead atoms. The molecule has 1 aromatic heterocycles. The Kier molecular flexibility index (Phi) is 2.54. The van der Waals surface area contributed by atoms with E-state index in [9.17, 15) is 8.78 Å². The first-order chi connectivity index (χ1) is 8.49. The summed E-state index contributed by atoms with van der Waals surface area (Å²) in [5.74, 6) is -1.92. The van der Waals surface area contributed by atoms with Crippen LogP contribution < -0.4 is 0 Å². The van der Waals surface area contributed by atoms with Crippen LogP contribution in [0.1, 0.15) is 18.1 Å². The molecule has 0 radical (unpaired) electrons. The highest BCUT2D eigenvalue weighted by Crippen LogP contribution is 2.38. The van der Waals surface area contributed by atoms with Gasteiger partial charge in [0, 0.05) is 10.9 Å². The van der Waals surface area contributed by atoms with Crippen LogP contribution in [0.15, 0.2) is 5.57 Å². The Morgan fingerprint density at radius 2 is 1.89 bits per heavy atom. The van der Waals surface area contributed by atoms with Crippen molar-refractivity contribution in [3.8, 4) is 0 Å². The highest BCUT2D eigenvalue weighted by Gasteiger charge is 2.25. The van der Waals surface area contributed by atoms with Gasteiger partial charge in [-0.05, 0) is 30.5 Å². The monoisotopic (exact) mass is 286 g/mol. The quantitative estimate of drug-likeness (QED) is 0.536. The molecule has 0 N–H and O–H groups in total. The number of benzene rings is 1. The smallest absolute Gasteiger partial charge is 0.215 e. The maximum Gasteiger partial charge on any atom is 0.224 e. The van der Waals surface area contributed by atoms with Gasteiger partial charge in [-0.2, -0.15) is 0 Å². The van der Waals surface area contributed by atoms with Crippen LogP contribution in [0.4, 0.5) is 8.78 Å². The van der Waals surface area contributed by atoms with Crippen molar-refractivity contribution in [3.05, 3.63) is 38.8 Å². The predicted octanol–water partition coefficient (Wildman–Crippen LogP) is 4.17. The number of hydrogen-bond donors (Lipinski definition) is 0. The van der Waals surface area contributed by atoms with Crippen molar-refractivity contribution < 1.29 is 8.78 Å². The third-order valence-electron chi connectivity index (χ3n) is 2.94. The lowest BCUT2D eigenvalue weighted by Gasteiger charge is -2.09. The first kappa shape index (κ1) is 11.8. The molecule has 1 aliphatic carbocycles. The third kappa shape index (κ3) is 1.52. The number of aromatic nitrogens is 2. The van der Waals surface area contributed by atoms with Crippen LogP contribution in [-0.2, 0) is 6.42 Å². The maximum atomic E-state index is 13.9. The molecule has 0 saturated carbocycles. The van der Waals surface area contributed by atoms with Gasteiger partial charge >= 0.3 is 0 Å². The molecule has 0 amide bonds. The molecule has 3 rings (SSSR count). The fourth-order valence-electron chi connectivity index (χ4n) is 2.22. The van der Waals surface area contributed by atoms with E-state index in [4.69, 9.17) is 23.2 Å². The number of allylic oxidation sites excluding steroid dienone is 1. The predicted molar refractivity (Wildman–Crippen MR) is 66.8 cm³/mol. The fraction of sp³-hybridized carbons (Fsp3) is 0.167. The number of rotatable bonds is 0. The Morgan fingerprint density at radius 3 is 2.61 bits per heavy atom. The molecule has 1 aliphatic rings. The Labute approximate surface area is 111 Å². The van der Waals surface area contributed by atoms with Gasteiger partial charge in [0.2, 0.25) is 5.28 Å². The van der Waals surface area contributed by atoms with E-state index in [0.29, 0.717) is 22.9 Å². The Hall–Kier alpha value is -1.26. The highest BCUT2D eigenvalue weighted by molar-refractivity contribution is 6.36. The SMILES string of the molecule is CC1=Cc2c(c(F)c(F)c3nc(Cl)nc(Cl)c23)C1. The van der Waals surface area contributed by atoms with Gasteiger partial charge in [0.25, 0.3) is 0 Å². The van der Waals surface area contributed by atoms with Gasteiger partial charge < -0.3 is 0 Å². The molecule has 0 spiro atoms. The molecule has 0 aliphatic heterocycles. The van der Waals surface area contributed by atoms with Crippen molar-refractivity contribution >= 4 is 40.2 Å². The van der Waals surface area contributed by atoms with Crippen LogP contribution in [0, 0.1) is 11.6 Å².